The van der Waals surface area contributed by atoms with Crippen LogP contribution in [0.1, 0.15) is 0 Å². The highest BCUT2D eigenvalue weighted by Gasteiger charge is 2.59. The van der Waals surface area contributed by atoms with Crippen LogP contribution >= 0.6 is 7.82 Å². The lowest BCUT2D eigenvalue weighted by atomic mass is 10.1. The van der Waals surface area contributed by atoms with Crippen molar-refractivity contribution in [3.8, 4) is 0 Å². The fraction of sp³-hybridized carbons (Fsp3) is 1.00. The zero-order chi connectivity index (χ0) is 13.4. The van der Waals surface area contributed by atoms with E-state index in [1.165, 1.54) is 0 Å². The minimum absolute atomic E-state index is 0.789. The Kier molecular flexibility index (Phi) is 4.27. The molecule has 0 aromatic heterocycles. The summed E-state index contributed by atoms with van der Waals surface area (Å²) >= 11 is 0. The lowest BCUT2D eigenvalue weighted by Crippen LogP contribution is -2.53. The van der Waals surface area contributed by atoms with E-state index in [9.17, 15) is 25.0 Å². The summed E-state index contributed by atoms with van der Waals surface area (Å²) in [5, 5.41) is 46.2. The highest BCUT2D eigenvalue weighted by molar-refractivity contribution is 7.46. The van der Waals surface area contributed by atoms with Gasteiger partial charge in [0.15, 0.2) is 0 Å². The maximum Gasteiger partial charge on any atom is 0.472 e. The van der Waals surface area contributed by atoms with Crippen LogP contribution in [-0.4, -0.2) is 72.3 Å². The van der Waals surface area contributed by atoms with Gasteiger partial charge in [-0.05, 0) is 0 Å². The van der Waals surface area contributed by atoms with Gasteiger partial charge in [-0.15, -0.1) is 0 Å². The molecule has 1 saturated heterocycles. The Hall–Kier alpha value is -0.130. The number of rotatable bonds is 4. The van der Waals surface area contributed by atoms with E-state index in [1.807, 2.05) is 0 Å². The molecule has 2 unspecified atom stereocenters. The Bertz CT molecular complexity index is 316. The molecule has 0 bridgehead atoms. The molecule has 1 rings (SSSR count). The Morgan fingerprint density at radius 1 is 1.41 bits per heavy atom. The van der Waals surface area contributed by atoms with Crippen molar-refractivity contribution in [1.29, 1.82) is 0 Å². The SMILES string of the molecule is O=P(O)(O)OC(O)[C@]1(O)OC(CO)[C@@H](O)[C@@H]1O. The second kappa shape index (κ2) is 4.86. The van der Waals surface area contributed by atoms with E-state index >= 15 is 0 Å². The number of aliphatic hydroxyl groups excluding tert-OH is 4. The Balaban J connectivity index is 2.85. The van der Waals surface area contributed by atoms with Crippen LogP contribution in [0.3, 0.4) is 0 Å². The summed E-state index contributed by atoms with van der Waals surface area (Å²) in [6, 6.07) is 0. The molecule has 0 aromatic carbocycles. The summed E-state index contributed by atoms with van der Waals surface area (Å²) in [7, 11) is -5.14. The third-order valence-electron chi connectivity index (χ3n) is 2.24. The third-order valence-corrected chi connectivity index (χ3v) is 2.71. The molecule has 5 atom stereocenters. The summed E-state index contributed by atoms with van der Waals surface area (Å²) in [6.07, 6.45) is -7.89. The molecule has 1 aliphatic heterocycles. The molecule has 1 heterocycles. The zero-order valence-corrected chi connectivity index (χ0v) is 9.21. The first-order valence-electron chi connectivity index (χ1n) is 4.41. The fourth-order valence-electron chi connectivity index (χ4n) is 1.39. The highest BCUT2D eigenvalue weighted by Crippen LogP contribution is 2.42. The molecule has 17 heavy (non-hydrogen) atoms. The molecular formula is C6H13O10P. The maximum atomic E-state index is 10.4. The van der Waals surface area contributed by atoms with Gasteiger partial charge in [0.2, 0.25) is 12.1 Å². The molecule has 0 spiro atoms. The first-order valence-corrected chi connectivity index (χ1v) is 5.94. The number of phosphoric acid groups is 1. The van der Waals surface area contributed by atoms with E-state index in [-0.39, 0.29) is 0 Å². The van der Waals surface area contributed by atoms with E-state index in [4.69, 9.17) is 14.9 Å². The second-order valence-electron chi connectivity index (χ2n) is 3.47. The zero-order valence-electron chi connectivity index (χ0n) is 8.32. The molecule has 102 valence electrons. The van der Waals surface area contributed by atoms with Crippen LogP contribution in [0, 0.1) is 0 Å². The van der Waals surface area contributed by atoms with Gasteiger partial charge in [-0.25, -0.2) is 4.57 Å². The Morgan fingerprint density at radius 2 is 1.94 bits per heavy atom. The van der Waals surface area contributed by atoms with Crippen LogP contribution in [0.5, 0.6) is 0 Å². The van der Waals surface area contributed by atoms with Crippen LogP contribution in [0.4, 0.5) is 0 Å². The van der Waals surface area contributed by atoms with Crippen LogP contribution < -0.4 is 0 Å². The monoisotopic (exact) mass is 276 g/mol. The number of aliphatic hydroxyl groups is 5. The van der Waals surface area contributed by atoms with E-state index in [0.29, 0.717) is 0 Å². The first kappa shape index (κ1) is 14.9. The summed E-state index contributed by atoms with van der Waals surface area (Å²) in [5.41, 5.74) is 0. The third kappa shape index (κ3) is 3.01. The van der Waals surface area contributed by atoms with Crippen LogP contribution in [0.15, 0.2) is 0 Å². The fourth-order valence-corrected chi connectivity index (χ4v) is 1.80. The van der Waals surface area contributed by atoms with E-state index in [0.717, 1.165) is 0 Å². The van der Waals surface area contributed by atoms with Crippen LogP contribution in [0.2, 0.25) is 0 Å². The average Bonchev–Trinajstić information content (AvgIpc) is 2.41. The van der Waals surface area contributed by atoms with Gasteiger partial charge in [0.1, 0.15) is 18.3 Å². The predicted molar refractivity (Wildman–Crippen MR) is 48.1 cm³/mol. The highest BCUT2D eigenvalue weighted by atomic mass is 31.2. The van der Waals surface area contributed by atoms with Gasteiger partial charge in [0.05, 0.1) is 6.61 Å². The van der Waals surface area contributed by atoms with Gasteiger partial charge in [0, 0.05) is 0 Å². The number of hydrogen-bond donors (Lipinski definition) is 7. The molecule has 0 saturated carbocycles. The largest absolute Gasteiger partial charge is 0.472 e. The first-order chi connectivity index (χ1) is 7.62. The smallest absolute Gasteiger partial charge is 0.394 e. The van der Waals surface area contributed by atoms with Crippen molar-refractivity contribution in [2.24, 2.45) is 0 Å². The van der Waals surface area contributed by atoms with Gasteiger partial charge in [-0.1, -0.05) is 0 Å². The van der Waals surface area contributed by atoms with Gasteiger partial charge in [-0.2, -0.15) is 0 Å². The Labute approximate surface area is 94.9 Å². The molecular weight excluding hydrogens is 263 g/mol. The van der Waals surface area contributed by atoms with Gasteiger partial charge in [-0.3, -0.25) is 4.52 Å². The average molecular weight is 276 g/mol. The van der Waals surface area contributed by atoms with E-state index in [2.05, 4.69) is 9.26 Å². The van der Waals surface area contributed by atoms with Crippen molar-refractivity contribution in [2.45, 2.75) is 30.4 Å². The Morgan fingerprint density at radius 3 is 2.29 bits per heavy atom. The summed E-state index contributed by atoms with van der Waals surface area (Å²) in [5.74, 6) is -2.95. The van der Waals surface area contributed by atoms with Crippen molar-refractivity contribution in [3.05, 3.63) is 0 Å². The predicted octanol–water partition coefficient (Wildman–Crippen LogP) is -3.78. The van der Waals surface area contributed by atoms with Crippen molar-refractivity contribution in [3.63, 3.8) is 0 Å². The van der Waals surface area contributed by atoms with Crippen molar-refractivity contribution in [1.82, 2.24) is 0 Å². The van der Waals surface area contributed by atoms with E-state index in [1.54, 1.807) is 0 Å². The van der Waals surface area contributed by atoms with E-state index < -0.39 is 44.8 Å². The molecule has 0 radical (unpaired) electrons. The summed E-state index contributed by atoms with van der Waals surface area (Å²) in [6.45, 7) is -0.789. The van der Waals surface area contributed by atoms with Gasteiger partial charge < -0.3 is 40.1 Å². The second-order valence-corrected chi connectivity index (χ2v) is 4.67. The van der Waals surface area contributed by atoms with Gasteiger partial charge >= 0.3 is 7.82 Å². The van der Waals surface area contributed by atoms with Crippen LogP contribution in [-0.2, 0) is 13.8 Å². The minimum atomic E-state index is -5.14. The molecule has 11 heteroatoms. The number of hydrogen-bond acceptors (Lipinski definition) is 8. The summed E-state index contributed by atoms with van der Waals surface area (Å²) in [4.78, 5) is 16.8. The van der Waals surface area contributed by atoms with Gasteiger partial charge in [0.25, 0.3) is 0 Å². The molecule has 1 aliphatic rings. The molecule has 1 fully saturated rings. The topological polar surface area (TPSA) is 177 Å². The number of ether oxygens (including phenoxy) is 1. The quantitative estimate of drug-likeness (QED) is 0.199. The van der Waals surface area contributed by atoms with Crippen molar-refractivity contribution in [2.75, 3.05) is 6.61 Å². The standard InChI is InChI=1S/C6H13O10P/c7-1-2-3(8)4(9)6(11,15-2)5(10)16-17(12,13)14/h2-5,7-11H,1H2,(H2,12,13,14)/t2?,3-,4+,5?,6-/m1/s1. The molecule has 0 amide bonds. The molecule has 0 aliphatic carbocycles. The maximum absolute atomic E-state index is 10.4. The van der Waals surface area contributed by atoms with Crippen molar-refractivity contribution >= 4 is 7.82 Å². The van der Waals surface area contributed by atoms with Crippen LogP contribution in [0.25, 0.3) is 0 Å². The lowest BCUT2D eigenvalue weighted by Gasteiger charge is -2.30. The molecule has 10 nitrogen and oxygen atoms in total. The molecule has 0 aromatic rings. The summed E-state index contributed by atoms with van der Waals surface area (Å²) < 4.78 is 18.7. The van der Waals surface area contributed by atoms with Crippen molar-refractivity contribution < 1.29 is 49.1 Å². The lowest BCUT2D eigenvalue weighted by molar-refractivity contribution is -0.321. The number of phosphoric ester groups is 1. The minimum Gasteiger partial charge on any atom is -0.394 e. The molecule has 7 N–H and O–H groups in total. The normalized spacial score (nSPS) is 40.5.